The molecule has 3 rings (SSSR count). The molecule has 0 fully saturated rings. The average molecular weight is 243 g/mol. The quantitative estimate of drug-likeness (QED) is 0.853. The molecule has 0 radical (unpaired) electrons. The molecule has 1 aromatic carbocycles. The van der Waals surface area contributed by atoms with E-state index >= 15 is 0 Å². The zero-order valence-corrected chi connectivity index (χ0v) is 10.9. The minimum Gasteiger partial charge on any atom is -0.307 e. The van der Waals surface area contributed by atoms with E-state index in [1.807, 2.05) is 11.3 Å². The molecule has 1 N–H and O–H groups in total. The smallest absolute Gasteiger partial charge is 0.0457 e. The van der Waals surface area contributed by atoms with Gasteiger partial charge in [-0.2, -0.15) is 0 Å². The molecule has 1 unspecified atom stereocenters. The van der Waals surface area contributed by atoms with E-state index < -0.39 is 0 Å². The summed E-state index contributed by atoms with van der Waals surface area (Å²) in [5.74, 6) is 0. The van der Waals surface area contributed by atoms with Crippen molar-refractivity contribution < 1.29 is 0 Å². The topological polar surface area (TPSA) is 12.0 Å². The van der Waals surface area contributed by atoms with Gasteiger partial charge >= 0.3 is 0 Å². The maximum atomic E-state index is 3.69. The molecule has 1 aliphatic heterocycles. The molecule has 1 aliphatic rings. The number of benzene rings is 1. The van der Waals surface area contributed by atoms with Crippen molar-refractivity contribution >= 4 is 11.3 Å². The number of hydrogen-bond donors (Lipinski definition) is 1. The van der Waals surface area contributed by atoms with Gasteiger partial charge in [-0.25, -0.2) is 0 Å². The third-order valence-corrected chi connectivity index (χ3v) is 4.59. The lowest BCUT2D eigenvalue weighted by atomic mass is 9.83. The first kappa shape index (κ1) is 11.0. The SMILES string of the molecule is CC1(Cc2ccccc2)NCCc2sccc21. The van der Waals surface area contributed by atoms with E-state index in [9.17, 15) is 0 Å². The molecule has 0 spiro atoms. The van der Waals surface area contributed by atoms with E-state index in [1.54, 1.807) is 4.88 Å². The van der Waals surface area contributed by atoms with Crippen LogP contribution in [0.3, 0.4) is 0 Å². The van der Waals surface area contributed by atoms with Crippen LogP contribution in [0.2, 0.25) is 0 Å². The van der Waals surface area contributed by atoms with Crippen molar-refractivity contribution in [2.45, 2.75) is 25.3 Å². The molecule has 2 heterocycles. The summed E-state index contributed by atoms with van der Waals surface area (Å²) in [6, 6.07) is 13.0. The lowest BCUT2D eigenvalue weighted by Crippen LogP contribution is -2.45. The Balaban J connectivity index is 1.93. The number of fused-ring (bicyclic) bond motifs is 1. The van der Waals surface area contributed by atoms with Gasteiger partial charge in [-0.05, 0) is 42.3 Å². The Kier molecular flexibility index (Phi) is 2.77. The normalized spacial score (nSPS) is 23.4. The lowest BCUT2D eigenvalue weighted by molar-refractivity contribution is 0.348. The molecule has 2 heteroatoms. The van der Waals surface area contributed by atoms with Crippen molar-refractivity contribution in [3.63, 3.8) is 0 Å². The number of rotatable bonds is 2. The van der Waals surface area contributed by atoms with Gasteiger partial charge in [0.15, 0.2) is 0 Å². The van der Waals surface area contributed by atoms with Crippen LogP contribution in [0.25, 0.3) is 0 Å². The maximum Gasteiger partial charge on any atom is 0.0457 e. The van der Waals surface area contributed by atoms with Crippen molar-refractivity contribution in [2.75, 3.05) is 6.54 Å². The fourth-order valence-corrected chi connectivity index (χ4v) is 3.74. The van der Waals surface area contributed by atoms with E-state index in [0.29, 0.717) is 0 Å². The first-order valence-electron chi connectivity index (χ1n) is 6.14. The summed E-state index contributed by atoms with van der Waals surface area (Å²) in [6.45, 7) is 3.42. The van der Waals surface area contributed by atoms with Gasteiger partial charge in [-0.3, -0.25) is 0 Å². The minimum atomic E-state index is 0.106. The molecule has 0 amide bonds. The van der Waals surface area contributed by atoms with E-state index in [0.717, 1.165) is 13.0 Å². The predicted octanol–water partition coefficient (Wildman–Crippen LogP) is 3.35. The van der Waals surface area contributed by atoms with Gasteiger partial charge in [0.2, 0.25) is 0 Å². The first-order valence-corrected chi connectivity index (χ1v) is 7.02. The number of nitrogens with one attached hydrogen (secondary N) is 1. The summed E-state index contributed by atoms with van der Waals surface area (Å²) >= 11 is 1.90. The van der Waals surface area contributed by atoms with Crippen LogP contribution in [0, 0.1) is 0 Å². The molecular formula is C15H17NS. The van der Waals surface area contributed by atoms with Gasteiger partial charge in [0.25, 0.3) is 0 Å². The van der Waals surface area contributed by atoms with Crippen LogP contribution in [0.1, 0.15) is 22.9 Å². The Bertz CT molecular complexity index is 503. The zero-order chi connectivity index (χ0) is 11.7. The monoisotopic (exact) mass is 243 g/mol. The molecule has 1 aromatic heterocycles. The second-order valence-electron chi connectivity index (χ2n) is 4.93. The minimum absolute atomic E-state index is 0.106. The number of hydrogen-bond acceptors (Lipinski definition) is 2. The van der Waals surface area contributed by atoms with Gasteiger partial charge in [0.05, 0.1) is 0 Å². The first-order chi connectivity index (χ1) is 8.28. The van der Waals surface area contributed by atoms with Gasteiger partial charge in [0, 0.05) is 17.0 Å². The largest absolute Gasteiger partial charge is 0.307 e. The van der Waals surface area contributed by atoms with Crippen LogP contribution < -0.4 is 5.32 Å². The van der Waals surface area contributed by atoms with Crippen LogP contribution in [-0.2, 0) is 18.4 Å². The van der Waals surface area contributed by atoms with E-state index in [4.69, 9.17) is 0 Å². The highest BCUT2D eigenvalue weighted by atomic mass is 32.1. The van der Waals surface area contributed by atoms with Gasteiger partial charge in [0.1, 0.15) is 0 Å². The summed E-state index contributed by atoms with van der Waals surface area (Å²) in [7, 11) is 0. The third-order valence-electron chi connectivity index (χ3n) is 3.61. The summed E-state index contributed by atoms with van der Waals surface area (Å²) in [5.41, 5.74) is 3.01. The molecule has 1 atom stereocenters. The molecule has 88 valence electrons. The lowest BCUT2D eigenvalue weighted by Gasteiger charge is -2.35. The van der Waals surface area contributed by atoms with Gasteiger partial charge in [-0.1, -0.05) is 30.3 Å². The van der Waals surface area contributed by atoms with Gasteiger partial charge in [-0.15, -0.1) is 11.3 Å². The van der Waals surface area contributed by atoms with Crippen molar-refractivity contribution in [1.29, 1.82) is 0 Å². The molecule has 0 aliphatic carbocycles. The molecule has 1 nitrogen and oxygen atoms in total. The predicted molar refractivity (Wildman–Crippen MR) is 73.5 cm³/mol. The van der Waals surface area contributed by atoms with E-state index in [1.165, 1.54) is 17.5 Å². The molecule has 17 heavy (non-hydrogen) atoms. The van der Waals surface area contributed by atoms with Crippen LogP contribution >= 0.6 is 11.3 Å². The highest BCUT2D eigenvalue weighted by Crippen LogP contribution is 2.34. The van der Waals surface area contributed by atoms with Gasteiger partial charge < -0.3 is 5.32 Å². The Labute approximate surface area is 106 Å². The third kappa shape index (κ3) is 2.03. The second kappa shape index (κ2) is 4.28. The summed E-state index contributed by atoms with van der Waals surface area (Å²) in [6.07, 6.45) is 2.24. The zero-order valence-electron chi connectivity index (χ0n) is 10.1. The molecule has 2 aromatic rings. The molecule has 0 saturated heterocycles. The fraction of sp³-hybridized carbons (Fsp3) is 0.333. The van der Waals surface area contributed by atoms with E-state index in [2.05, 4.69) is 54.0 Å². The van der Waals surface area contributed by atoms with Crippen LogP contribution in [0.5, 0.6) is 0 Å². The summed E-state index contributed by atoms with van der Waals surface area (Å²) in [5, 5.41) is 5.92. The Morgan fingerprint density at radius 1 is 1.24 bits per heavy atom. The molecule has 0 saturated carbocycles. The number of thiophene rings is 1. The maximum absolute atomic E-state index is 3.69. The van der Waals surface area contributed by atoms with Crippen LogP contribution in [0.4, 0.5) is 0 Å². The fourth-order valence-electron chi connectivity index (χ4n) is 2.73. The van der Waals surface area contributed by atoms with Crippen LogP contribution in [-0.4, -0.2) is 6.54 Å². The average Bonchev–Trinajstić information content (AvgIpc) is 2.80. The Morgan fingerprint density at radius 3 is 2.88 bits per heavy atom. The van der Waals surface area contributed by atoms with Crippen LogP contribution in [0.15, 0.2) is 41.8 Å². The summed E-state index contributed by atoms with van der Waals surface area (Å²) in [4.78, 5) is 1.56. The van der Waals surface area contributed by atoms with Crippen molar-refractivity contribution in [2.24, 2.45) is 0 Å². The molecule has 0 bridgehead atoms. The summed E-state index contributed by atoms with van der Waals surface area (Å²) < 4.78 is 0. The Hall–Kier alpha value is -1.12. The highest BCUT2D eigenvalue weighted by molar-refractivity contribution is 7.10. The van der Waals surface area contributed by atoms with E-state index in [-0.39, 0.29) is 5.54 Å². The molecular weight excluding hydrogens is 226 g/mol. The standard InChI is InChI=1S/C15H17NS/c1-15(11-12-5-3-2-4-6-12)13-8-10-17-14(13)7-9-16-15/h2-6,8,10,16H,7,9,11H2,1H3. The van der Waals surface area contributed by atoms with Crippen molar-refractivity contribution in [3.8, 4) is 0 Å². The second-order valence-corrected chi connectivity index (χ2v) is 5.93. The highest BCUT2D eigenvalue weighted by Gasteiger charge is 2.32. The Morgan fingerprint density at radius 2 is 2.06 bits per heavy atom. The van der Waals surface area contributed by atoms with Crippen molar-refractivity contribution in [3.05, 3.63) is 57.8 Å². The van der Waals surface area contributed by atoms with Crippen molar-refractivity contribution in [1.82, 2.24) is 5.32 Å².